The number of ether oxygens (including phenoxy) is 1. The highest BCUT2D eigenvalue weighted by molar-refractivity contribution is 5.71. The molecule has 0 aliphatic heterocycles. The van der Waals surface area contributed by atoms with Crippen LogP contribution in [0.15, 0.2) is 18.2 Å². The molecule has 1 rings (SSSR count). The van der Waals surface area contributed by atoms with Crippen LogP contribution in [-0.2, 0) is 4.74 Å². The number of nitrogens with two attached hydrogens (primary N) is 1. The van der Waals surface area contributed by atoms with E-state index in [4.69, 9.17) is 15.6 Å². The first-order valence-electron chi connectivity index (χ1n) is 5.99. The molecule has 0 aliphatic rings. The van der Waals surface area contributed by atoms with E-state index in [1.165, 1.54) is 5.56 Å². The lowest BCUT2D eigenvalue weighted by Crippen LogP contribution is -2.29. The largest absolute Gasteiger partial charge is 0.397 e. The summed E-state index contributed by atoms with van der Waals surface area (Å²) in [5, 5.41) is 8.64. The fraction of sp³-hybridized carbons (Fsp3) is 0.538. The van der Waals surface area contributed by atoms with Crippen LogP contribution in [0.4, 0.5) is 11.4 Å². The highest BCUT2D eigenvalue weighted by atomic mass is 16.5. The first kappa shape index (κ1) is 13.8. The Morgan fingerprint density at radius 2 is 2.12 bits per heavy atom. The highest BCUT2D eigenvalue weighted by Crippen LogP contribution is 2.26. The van der Waals surface area contributed by atoms with Crippen molar-refractivity contribution in [3.8, 4) is 0 Å². The molecule has 0 bridgehead atoms. The maximum absolute atomic E-state index is 8.64. The summed E-state index contributed by atoms with van der Waals surface area (Å²) >= 11 is 0. The van der Waals surface area contributed by atoms with Crippen molar-refractivity contribution in [2.24, 2.45) is 0 Å². The quantitative estimate of drug-likeness (QED) is 0.557. The minimum atomic E-state index is 0.0681. The number of nitrogens with zero attached hydrogens (tertiary/aromatic N) is 1. The first-order chi connectivity index (χ1) is 8.20. The van der Waals surface area contributed by atoms with Crippen molar-refractivity contribution in [3.05, 3.63) is 23.8 Å². The van der Waals surface area contributed by atoms with Gasteiger partial charge in [0.1, 0.15) is 0 Å². The molecule has 0 saturated carbocycles. The molecule has 0 spiro atoms. The third kappa shape index (κ3) is 3.91. The van der Waals surface area contributed by atoms with Crippen LogP contribution < -0.4 is 10.6 Å². The minimum Gasteiger partial charge on any atom is -0.397 e. The number of likely N-dealkylation sites (N-methyl/N-ethyl adjacent to an activating group) is 1. The molecule has 0 aromatic heterocycles. The standard InChI is InChI=1S/C13H22N2O2/c1-3-15(7-9-17-10-8-16)13-11(2)5-4-6-12(13)14/h4-6,16H,3,7-10,14H2,1-2H3. The van der Waals surface area contributed by atoms with Gasteiger partial charge >= 0.3 is 0 Å². The molecule has 0 atom stereocenters. The molecule has 4 nitrogen and oxygen atoms in total. The van der Waals surface area contributed by atoms with E-state index in [1.807, 2.05) is 12.1 Å². The molecular formula is C13H22N2O2. The monoisotopic (exact) mass is 238 g/mol. The summed E-state index contributed by atoms with van der Waals surface area (Å²) in [4.78, 5) is 2.20. The molecule has 0 saturated heterocycles. The molecule has 0 unspecified atom stereocenters. The van der Waals surface area contributed by atoms with E-state index in [9.17, 15) is 0 Å². The van der Waals surface area contributed by atoms with Gasteiger partial charge in [-0.15, -0.1) is 0 Å². The summed E-state index contributed by atoms with van der Waals surface area (Å²) in [5.74, 6) is 0. The second kappa shape index (κ2) is 7.14. The molecule has 0 aliphatic carbocycles. The van der Waals surface area contributed by atoms with E-state index in [2.05, 4.69) is 24.8 Å². The summed E-state index contributed by atoms with van der Waals surface area (Å²) < 4.78 is 5.28. The minimum absolute atomic E-state index is 0.0681. The molecule has 0 radical (unpaired) electrons. The van der Waals surface area contributed by atoms with Gasteiger partial charge in [0.2, 0.25) is 0 Å². The fourth-order valence-corrected chi connectivity index (χ4v) is 1.88. The van der Waals surface area contributed by atoms with Crippen LogP contribution in [0.5, 0.6) is 0 Å². The van der Waals surface area contributed by atoms with E-state index in [0.717, 1.165) is 24.5 Å². The number of hydrogen-bond acceptors (Lipinski definition) is 4. The summed E-state index contributed by atoms with van der Waals surface area (Å²) in [5.41, 5.74) is 9.07. The molecular weight excluding hydrogens is 216 g/mol. The lowest BCUT2D eigenvalue weighted by atomic mass is 10.1. The van der Waals surface area contributed by atoms with Gasteiger partial charge in [-0.3, -0.25) is 0 Å². The highest BCUT2D eigenvalue weighted by Gasteiger charge is 2.10. The smallest absolute Gasteiger partial charge is 0.0698 e. The van der Waals surface area contributed by atoms with Crippen LogP contribution in [0.1, 0.15) is 12.5 Å². The van der Waals surface area contributed by atoms with Crippen LogP contribution in [0.3, 0.4) is 0 Å². The number of aliphatic hydroxyl groups excluding tert-OH is 1. The Balaban J connectivity index is 2.66. The van der Waals surface area contributed by atoms with Crippen molar-refractivity contribution in [1.82, 2.24) is 0 Å². The number of aliphatic hydroxyl groups is 1. The molecule has 0 fully saturated rings. The molecule has 1 aromatic rings. The molecule has 17 heavy (non-hydrogen) atoms. The Morgan fingerprint density at radius 1 is 1.35 bits per heavy atom. The third-order valence-corrected chi connectivity index (χ3v) is 2.71. The number of nitrogen functional groups attached to an aromatic ring is 1. The third-order valence-electron chi connectivity index (χ3n) is 2.71. The Kier molecular flexibility index (Phi) is 5.80. The molecule has 0 amide bonds. The summed E-state index contributed by atoms with van der Waals surface area (Å²) in [6.07, 6.45) is 0. The van der Waals surface area contributed by atoms with Crippen LogP contribution in [-0.4, -0.2) is 38.0 Å². The molecule has 96 valence electrons. The van der Waals surface area contributed by atoms with E-state index in [1.54, 1.807) is 0 Å². The predicted molar refractivity (Wildman–Crippen MR) is 71.4 cm³/mol. The Labute approximate surface area is 103 Å². The average Bonchev–Trinajstić information content (AvgIpc) is 2.31. The van der Waals surface area contributed by atoms with Crippen molar-refractivity contribution in [3.63, 3.8) is 0 Å². The van der Waals surface area contributed by atoms with Crippen LogP contribution in [0.2, 0.25) is 0 Å². The summed E-state index contributed by atoms with van der Waals surface area (Å²) in [6, 6.07) is 5.94. The van der Waals surface area contributed by atoms with Crippen molar-refractivity contribution < 1.29 is 9.84 Å². The lowest BCUT2D eigenvalue weighted by Gasteiger charge is -2.26. The lowest BCUT2D eigenvalue weighted by molar-refractivity contribution is 0.0967. The van der Waals surface area contributed by atoms with Crippen LogP contribution >= 0.6 is 0 Å². The zero-order chi connectivity index (χ0) is 12.7. The van der Waals surface area contributed by atoms with Gasteiger partial charge < -0.3 is 20.5 Å². The molecule has 4 heteroatoms. The Morgan fingerprint density at radius 3 is 2.71 bits per heavy atom. The topological polar surface area (TPSA) is 58.7 Å². The van der Waals surface area contributed by atoms with Gasteiger partial charge in [-0.05, 0) is 25.5 Å². The van der Waals surface area contributed by atoms with Gasteiger partial charge in [0.05, 0.1) is 31.2 Å². The number of benzene rings is 1. The van der Waals surface area contributed by atoms with Crippen LogP contribution in [0, 0.1) is 6.92 Å². The van der Waals surface area contributed by atoms with Gasteiger partial charge in [0.15, 0.2) is 0 Å². The number of anilines is 2. The second-order valence-corrected chi connectivity index (χ2v) is 3.93. The predicted octanol–water partition coefficient (Wildman–Crippen LogP) is 1.41. The van der Waals surface area contributed by atoms with Gasteiger partial charge in [-0.25, -0.2) is 0 Å². The number of para-hydroxylation sites is 1. The molecule has 3 N–H and O–H groups in total. The average molecular weight is 238 g/mol. The van der Waals surface area contributed by atoms with E-state index in [-0.39, 0.29) is 6.61 Å². The normalized spacial score (nSPS) is 10.5. The van der Waals surface area contributed by atoms with Gasteiger partial charge in [0.25, 0.3) is 0 Å². The summed E-state index contributed by atoms with van der Waals surface area (Å²) in [6.45, 7) is 6.88. The fourth-order valence-electron chi connectivity index (χ4n) is 1.88. The zero-order valence-electron chi connectivity index (χ0n) is 10.6. The first-order valence-corrected chi connectivity index (χ1v) is 5.99. The maximum atomic E-state index is 8.64. The number of hydrogen-bond donors (Lipinski definition) is 2. The maximum Gasteiger partial charge on any atom is 0.0698 e. The van der Waals surface area contributed by atoms with Crippen molar-refractivity contribution in [2.45, 2.75) is 13.8 Å². The van der Waals surface area contributed by atoms with Crippen LogP contribution in [0.25, 0.3) is 0 Å². The zero-order valence-corrected chi connectivity index (χ0v) is 10.6. The van der Waals surface area contributed by atoms with Gasteiger partial charge in [-0.2, -0.15) is 0 Å². The van der Waals surface area contributed by atoms with Crippen molar-refractivity contribution >= 4 is 11.4 Å². The van der Waals surface area contributed by atoms with Gasteiger partial charge in [-0.1, -0.05) is 12.1 Å². The SMILES string of the molecule is CCN(CCOCCO)c1c(C)cccc1N. The Hall–Kier alpha value is -1.26. The Bertz CT molecular complexity index is 322. The molecule has 1 aromatic carbocycles. The van der Waals surface area contributed by atoms with E-state index < -0.39 is 0 Å². The van der Waals surface area contributed by atoms with E-state index >= 15 is 0 Å². The van der Waals surface area contributed by atoms with Crippen molar-refractivity contribution in [2.75, 3.05) is 43.5 Å². The number of rotatable bonds is 7. The molecule has 0 heterocycles. The van der Waals surface area contributed by atoms with Gasteiger partial charge in [0, 0.05) is 13.1 Å². The second-order valence-electron chi connectivity index (χ2n) is 3.93. The van der Waals surface area contributed by atoms with Crippen molar-refractivity contribution in [1.29, 1.82) is 0 Å². The van der Waals surface area contributed by atoms with E-state index in [0.29, 0.717) is 13.2 Å². The summed E-state index contributed by atoms with van der Waals surface area (Å²) in [7, 11) is 0. The number of aryl methyl sites for hydroxylation is 1.